The van der Waals surface area contributed by atoms with Gasteiger partial charge in [-0.3, -0.25) is 0 Å². The van der Waals surface area contributed by atoms with Crippen molar-refractivity contribution in [3.8, 4) is 0 Å². The van der Waals surface area contributed by atoms with Crippen molar-refractivity contribution in [3.05, 3.63) is 29.3 Å². The minimum atomic E-state index is -1.04. The van der Waals surface area contributed by atoms with Crippen LogP contribution in [-0.4, -0.2) is 49.6 Å². The summed E-state index contributed by atoms with van der Waals surface area (Å²) in [5, 5.41) is 14.3. The molecule has 1 atom stereocenters. The lowest BCUT2D eigenvalue weighted by molar-refractivity contribution is -0.0852. The van der Waals surface area contributed by atoms with E-state index in [0.29, 0.717) is 32.1 Å². The summed E-state index contributed by atoms with van der Waals surface area (Å²) in [6.07, 6.45) is -0.157. The summed E-state index contributed by atoms with van der Waals surface area (Å²) in [4.78, 5) is 22.7. The van der Waals surface area contributed by atoms with Crippen LogP contribution in [0.25, 0.3) is 0 Å². The number of hydrogen-bond acceptors (Lipinski definition) is 4. The second-order valence-electron chi connectivity index (χ2n) is 4.74. The summed E-state index contributed by atoms with van der Waals surface area (Å²) in [7, 11) is 0. The van der Waals surface area contributed by atoms with Gasteiger partial charge in [0.15, 0.2) is 0 Å². The first-order chi connectivity index (χ1) is 10.1. The Morgan fingerprint density at radius 1 is 1.38 bits per heavy atom. The first-order valence-electron chi connectivity index (χ1n) is 6.64. The largest absolute Gasteiger partial charge is 0.478 e. The van der Waals surface area contributed by atoms with Gasteiger partial charge in [0, 0.05) is 12.2 Å². The van der Waals surface area contributed by atoms with E-state index in [4.69, 9.17) is 14.6 Å². The number of anilines is 1. The number of nitrogens with one attached hydrogen (secondary N) is 2. The molecule has 0 spiro atoms. The van der Waals surface area contributed by atoms with E-state index < -0.39 is 12.0 Å². The molecule has 1 unspecified atom stereocenters. The molecular weight excluding hydrogens is 276 g/mol. The van der Waals surface area contributed by atoms with Gasteiger partial charge in [-0.25, -0.2) is 9.59 Å². The van der Waals surface area contributed by atoms with E-state index in [9.17, 15) is 9.59 Å². The number of carbonyl (C=O) groups is 2. The summed E-state index contributed by atoms with van der Waals surface area (Å²) < 4.78 is 10.6. The van der Waals surface area contributed by atoms with E-state index in [1.54, 1.807) is 13.0 Å². The molecule has 1 fully saturated rings. The molecule has 0 aromatic heterocycles. The smallest absolute Gasteiger partial charge is 0.335 e. The maximum atomic E-state index is 11.8. The third-order valence-electron chi connectivity index (χ3n) is 3.11. The highest BCUT2D eigenvalue weighted by molar-refractivity contribution is 5.93. The van der Waals surface area contributed by atoms with Crippen LogP contribution < -0.4 is 10.6 Å². The standard InChI is InChI=1S/C14H18N2O5/c1-9-2-3-10(13(17)18)6-12(9)16-14(19)15-7-11-8-20-4-5-21-11/h2-3,6,11H,4-5,7-8H2,1H3,(H,17,18)(H2,15,16,19). The van der Waals surface area contributed by atoms with E-state index in [1.165, 1.54) is 12.1 Å². The molecule has 1 heterocycles. The van der Waals surface area contributed by atoms with Gasteiger partial charge in [0.25, 0.3) is 0 Å². The van der Waals surface area contributed by atoms with E-state index in [1.807, 2.05) is 0 Å². The monoisotopic (exact) mass is 294 g/mol. The number of ether oxygens (including phenoxy) is 2. The number of hydrogen-bond donors (Lipinski definition) is 3. The summed E-state index contributed by atoms with van der Waals surface area (Å²) >= 11 is 0. The number of carbonyl (C=O) groups excluding carboxylic acids is 1. The van der Waals surface area contributed by atoms with E-state index in [-0.39, 0.29) is 11.7 Å². The lowest BCUT2D eigenvalue weighted by Crippen LogP contribution is -2.41. The van der Waals surface area contributed by atoms with Gasteiger partial charge in [0.1, 0.15) is 0 Å². The van der Waals surface area contributed by atoms with Crippen molar-refractivity contribution in [1.82, 2.24) is 5.32 Å². The average Bonchev–Trinajstić information content (AvgIpc) is 2.48. The van der Waals surface area contributed by atoms with E-state index in [2.05, 4.69) is 10.6 Å². The molecule has 2 rings (SSSR count). The molecule has 21 heavy (non-hydrogen) atoms. The van der Waals surface area contributed by atoms with Crippen molar-refractivity contribution in [3.63, 3.8) is 0 Å². The highest BCUT2D eigenvalue weighted by Gasteiger charge is 2.15. The normalized spacial score (nSPS) is 18.0. The zero-order valence-electron chi connectivity index (χ0n) is 11.7. The Hall–Kier alpha value is -2.12. The molecule has 7 heteroatoms. The Bertz CT molecular complexity index is 526. The number of carboxylic acids is 1. The molecule has 1 aliphatic rings. The predicted molar refractivity (Wildman–Crippen MR) is 75.7 cm³/mol. The summed E-state index contributed by atoms with van der Waals surface area (Å²) in [5.74, 6) is -1.04. The Morgan fingerprint density at radius 3 is 2.86 bits per heavy atom. The second-order valence-corrected chi connectivity index (χ2v) is 4.74. The minimum Gasteiger partial charge on any atom is -0.478 e. The number of amides is 2. The van der Waals surface area contributed by atoms with Crippen LogP contribution in [0.1, 0.15) is 15.9 Å². The number of rotatable bonds is 4. The molecule has 114 valence electrons. The molecule has 1 aromatic carbocycles. The van der Waals surface area contributed by atoms with E-state index in [0.717, 1.165) is 5.56 Å². The van der Waals surface area contributed by atoms with Gasteiger partial charge in [-0.05, 0) is 24.6 Å². The molecule has 0 saturated carbocycles. The van der Waals surface area contributed by atoms with Gasteiger partial charge in [0.2, 0.25) is 0 Å². The first kappa shape index (κ1) is 15.3. The van der Waals surface area contributed by atoms with Gasteiger partial charge in [-0.15, -0.1) is 0 Å². The Labute approximate surface area is 122 Å². The molecule has 1 aromatic rings. The quantitative estimate of drug-likeness (QED) is 0.776. The Balaban J connectivity index is 1.89. The van der Waals surface area contributed by atoms with Crippen molar-refractivity contribution in [1.29, 1.82) is 0 Å². The van der Waals surface area contributed by atoms with Crippen molar-refractivity contribution >= 4 is 17.7 Å². The minimum absolute atomic E-state index is 0.125. The molecule has 0 bridgehead atoms. The fourth-order valence-corrected chi connectivity index (χ4v) is 1.92. The van der Waals surface area contributed by atoms with Crippen LogP contribution in [0.15, 0.2) is 18.2 Å². The molecule has 0 aliphatic carbocycles. The number of urea groups is 1. The van der Waals surface area contributed by atoms with Crippen LogP contribution in [0.4, 0.5) is 10.5 Å². The maximum Gasteiger partial charge on any atom is 0.335 e. The Morgan fingerprint density at radius 2 is 2.19 bits per heavy atom. The van der Waals surface area contributed by atoms with Crippen LogP contribution in [-0.2, 0) is 9.47 Å². The van der Waals surface area contributed by atoms with Crippen molar-refractivity contribution in [2.45, 2.75) is 13.0 Å². The van der Waals surface area contributed by atoms with Crippen molar-refractivity contribution in [2.24, 2.45) is 0 Å². The highest BCUT2D eigenvalue weighted by Crippen LogP contribution is 2.16. The summed E-state index contributed by atoms with van der Waals surface area (Å²) in [6.45, 7) is 3.67. The second kappa shape index (κ2) is 7.05. The van der Waals surface area contributed by atoms with Crippen molar-refractivity contribution < 1.29 is 24.2 Å². The molecule has 2 amide bonds. The van der Waals surface area contributed by atoms with Gasteiger partial charge < -0.3 is 25.2 Å². The highest BCUT2D eigenvalue weighted by atomic mass is 16.6. The summed E-state index contributed by atoms with van der Waals surface area (Å²) in [6, 6.07) is 4.16. The molecule has 3 N–H and O–H groups in total. The predicted octanol–water partition coefficient (Wildman–Crippen LogP) is 1.23. The van der Waals surface area contributed by atoms with Crippen LogP contribution in [0.2, 0.25) is 0 Å². The SMILES string of the molecule is Cc1ccc(C(=O)O)cc1NC(=O)NCC1COCCO1. The number of carboxylic acid groups (broad SMARTS) is 1. The molecule has 1 aliphatic heterocycles. The zero-order valence-corrected chi connectivity index (χ0v) is 11.7. The average molecular weight is 294 g/mol. The third-order valence-corrected chi connectivity index (χ3v) is 3.11. The van der Waals surface area contributed by atoms with Crippen LogP contribution in [0.3, 0.4) is 0 Å². The van der Waals surface area contributed by atoms with Gasteiger partial charge in [-0.1, -0.05) is 6.07 Å². The summed E-state index contributed by atoms with van der Waals surface area (Å²) in [5.41, 5.74) is 1.38. The van der Waals surface area contributed by atoms with Crippen LogP contribution in [0, 0.1) is 6.92 Å². The zero-order chi connectivity index (χ0) is 15.2. The molecule has 7 nitrogen and oxygen atoms in total. The number of aryl methyl sites for hydroxylation is 1. The fraction of sp³-hybridized carbons (Fsp3) is 0.429. The van der Waals surface area contributed by atoms with Crippen LogP contribution >= 0.6 is 0 Å². The van der Waals surface area contributed by atoms with Crippen LogP contribution in [0.5, 0.6) is 0 Å². The van der Waals surface area contributed by atoms with Gasteiger partial charge in [0.05, 0.1) is 31.5 Å². The first-order valence-corrected chi connectivity index (χ1v) is 6.64. The number of benzene rings is 1. The van der Waals surface area contributed by atoms with E-state index >= 15 is 0 Å². The third kappa shape index (κ3) is 4.44. The van der Waals surface area contributed by atoms with Gasteiger partial charge in [-0.2, -0.15) is 0 Å². The lowest BCUT2D eigenvalue weighted by atomic mass is 10.1. The van der Waals surface area contributed by atoms with Gasteiger partial charge >= 0.3 is 12.0 Å². The number of aromatic carboxylic acids is 1. The Kier molecular flexibility index (Phi) is 5.13. The molecule has 1 saturated heterocycles. The maximum absolute atomic E-state index is 11.8. The molecular formula is C14H18N2O5. The van der Waals surface area contributed by atoms with Crippen molar-refractivity contribution in [2.75, 3.05) is 31.7 Å². The fourth-order valence-electron chi connectivity index (χ4n) is 1.92. The lowest BCUT2D eigenvalue weighted by Gasteiger charge is -2.23. The topological polar surface area (TPSA) is 96.9 Å². The molecule has 0 radical (unpaired) electrons.